The van der Waals surface area contributed by atoms with Crippen molar-refractivity contribution < 1.29 is 87.9 Å². The average Bonchev–Trinajstić information content (AvgIpc) is 4.06. The summed E-state index contributed by atoms with van der Waals surface area (Å²) in [5.41, 5.74) is -7.86. The monoisotopic (exact) mass is 1180 g/mol. The van der Waals surface area contributed by atoms with Crippen molar-refractivity contribution >= 4 is 50.6 Å². The van der Waals surface area contributed by atoms with Crippen molar-refractivity contribution in [1.82, 2.24) is 0 Å². The van der Waals surface area contributed by atoms with Gasteiger partial charge in [-0.05, 0) is 57.8 Å². The predicted octanol–water partition coefficient (Wildman–Crippen LogP) is 7.43. The Balaban J connectivity index is 0.000000241. The molecule has 0 amide bonds. The van der Waals surface area contributed by atoms with Gasteiger partial charge in [0.25, 0.3) is 0 Å². The maximum absolute atomic E-state index is 12.7. The largest absolute Gasteiger partial charge is 0.523 e. The Hall–Kier alpha value is -2.97. The Morgan fingerprint density at radius 2 is 0.945 bits per heavy atom. The molecule has 0 aromatic rings. The second-order valence-electron chi connectivity index (χ2n) is 19.9. The lowest BCUT2D eigenvalue weighted by Crippen LogP contribution is -2.52. The Morgan fingerprint density at radius 1 is 0.616 bits per heavy atom. The minimum Gasteiger partial charge on any atom is -0.469 e. The maximum atomic E-state index is 12.7. The molecule has 0 unspecified atom stereocenters. The quantitative estimate of drug-likeness (QED) is 0.0239. The Morgan fingerprint density at radius 3 is 1.29 bits per heavy atom. The van der Waals surface area contributed by atoms with E-state index >= 15 is 0 Å². The van der Waals surface area contributed by atoms with Gasteiger partial charge in [0.05, 0.1) is 89.5 Å². The van der Waals surface area contributed by atoms with Gasteiger partial charge in [0.2, 0.25) is 18.1 Å². The zero-order valence-corrected chi connectivity index (χ0v) is 45.6. The number of fused-ring (bicyclic) bond motifs is 3. The molecule has 15 atom stereocenters. The molecule has 0 saturated carbocycles. The van der Waals surface area contributed by atoms with Crippen LogP contribution in [-0.2, 0) is 71.3 Å². The van der Waals surface area contributed by atoms with Crippen molar-refractivity contribution in [2.24, 2.45) is 0 Å². The molecule has 19 nitrogen and oxygen atoms in total. The SMILES string of the molecule is [C-]#[N+][C@H](C)C[C@H]1CC[C@@H]2O[C@@H](CCC(=O)OC)C[C@]2(CI)O1.[C-]#[N+][C@H](C)C[C@H]1CC[C@@H]2O[C@@H](CCC(=O)OC)C[C@]2(CO)O1.[C-]#[N+][C@H](C)C[C@H]1CC[C@@H]2O[C@@H](CCC(=O)OC)C[C@]2(COS(=O)(=O)C(F)(F)F)O1. The molecule has 6 heterocycles. The van der Waals surface area contributed by atoms with Crippen LogP contribution in [0.4, 0.5) is 13.2 Å². The van der Waals surface area contributed by atoms with Crippen LogP contribution in [0.25, 0.3) is 14.5 Å². The van der Waals surface area contributed by atoms with Crippen LogP contribution >= 0.6 is 22.6 Å². The summed E-state index contributed by atoms with van der Waals surface area (Å²) in [5.74, 6) is -0.897. The number of methoxy groups -OCH3 is 3. The van der Waals surface area contributed by atoms with Crippen LogP contribution in [0.3, 0.4) is 0 Å². The molecule has 6 fully saturated rings. The van der Waals surface area contributed by atoms with E-state index in [-0.39, 0.29) is 98.2 Å². The highest BCUT2D eigenvalue weighted by Gasteiger charge is 2.57. The zero-order chi connectivity index (χ0) is 54.2. The summed E-state index contributed by atoms with van der Waals surface area (Å²) in [6.45, 7) is 25.8. The number of ether oxygens (including phenoxy) is 9. The van der Waals surface area contributed by atoms with Crippen molar-refractivity contribution in [3.05, 3.63) is 34.3 Å². The number of alkyl halides is 4. The maximum Gasteiger partial charge on any atom is 0.523 e. The number of esters is 3. The minimum absolute atomic E-state index is 0.00421. The number of carbonyl (C=O) groups excluding carboxylic acids is 3. The smallest absolute Gasteiger partial charge is 0.469 e. The van der Waals surface area contributed by atoms with Crippen LogP contribution < -0.4 is 0 Å². The molecule has 0 aromatic carbocycles. The van der Waals surface area contributed by atoms with Gasteiger partial charge in [0, 0.05) is 83.0 Å². The third-order valence-corrected chi connectivity index (χ3v) is 16.7. The summed E-state index contributed by atoms with van der Waals surface area (Å²) in [6, 6.07) is -0.425. The topological polar surface area (TPSA) is 211 Å². The predicted molar refractivity (Wildman–Crippen MR) is 263 cm³/mol. The van der Waals surface area contributed by atoms with E-state index in [2.05, 4.69) is 50.8 Å². The Labute approximate surface area is 441 Å². The lowest BCUT2D eigenvalue weighted by molar-refractivity contribution is -0.184. The van der Waals surface area contributed by atoms with E-state index in [1.165, 1.54) is 21.3 Å². The summed E-state index contributed by atoms with van der Waals surface area (Å²) in [5, 5.41) is 9.85. The van der Waals surface area contributed by atoms with Gasteiger partial charge in [0.1, 0.15) is 16.8 Å². The van der Waals surface area contributed by atoms with Gasteiger partial charge in [-0.3, -0.25) is 18.6 Å². The number of carbonyl (C=O) groups is 3. The first-order chi connectivity index (χ1) is 34.5. The second-order valence-corrected chi connectivity index (χ2v) is 22.3. The van der Waals surface area contributed by atoms with Crippen LogP contribution in [0, 0.1) is 19.7 Å². The first kappa shape index (κ1) is 62.6. The number of rotatable bonds is 20. The van der Waals surface area contributed by atoms with Crippen LogP contribution in [0.5, 0.6) is 0 Å². The molecule has 73 heavy (non-hydrogen) atoms. The second kappa shape index (κ2) is 28.4. The number of aliphatic hydroxyl groups is 1. The molecule has 6 rings (SSSR count). The molecule has 6 aliphatic rings. The lowest BCUT2D eigenvalue weighted by atomic mass is 9.85. The average molecular weight is 1180 g/mol. The molecule has 0 spiro atoms. The highest BCUT2D eigenvalue weighted by Crippen LogP contribution is 2.47. The van der Waals surface area contributed by atoms with Crippen LogP contribution in [0.15, 0.2) is 0 Å². The molecule has 414 valence electrons. The molecule has 0 aromatic heterocycles. The summed E-state index contributed by atoms with van der Waals surface area (Å²) in [6.07, 6.45) is 8.63. The van der Waals surface area contributed by atoms with E-state index in [0.717, 1.165) is 43.0 Å². The third kappa shape index (κ3) is 17.5. The zero-order valence-electron chi connectivity index (χ0n) is 42.6. The molecular weight excluding hydrogens is 1100 g/mol. The first-order valence-electron chi connectivity index (χ1n) is 24.9. The van der Waals surface area contributed by atoms with Crippen molar-refractivity contribution in [1.29, 1.82) is 0 Å². The van der Waals surface area contributed by atoms with Crippen molar-refractivity contribution in [3.63, 3.8) is 0 Å². The van der Waals surface area contributed by atoms with Gasteiger partial charge < -0.3 is 62.3 Å². The summed E-state index contributed by atoms with van der Waals surface area (Å²) < 4.78 is 116. The summed E-state index contributed by atoms with van der Waals surface area (Å²) in [7, 11) is -1.77. The number of halogens is 4. The van der Waals surface area contributed by atoms with E-state index in [1.807, 2.05) is 13.8 Å². The fourth-order valence-electron chi connectivity index (χ4n) is 10.6. The first-order valence-corrected chi connectivity index (χ1v) is 27.8. The van der Waals surface area contributed by atoms with Crippen molar-refractivity contribution in [3.8, 4) is 0 Å². The molecular formula is C49H73F3IN3O16S. The number of nitrogens with zero attached hydrogens (tertiary/aromatic N) is 3. The van der Waals surface area contributed by atoms with Gasteiger partial charge in [-0.2, -0.15) is 21.6 Å². The van der Waals surface area contributed by atoms with Gasteiger partial charge in [-0.25, -0.2) is 19.7 Å². The van der Waals surface area contributed by atoms with Crippen molar-refractivity contribution in [2.75, 3.05) is 39.0 Å². The lowest BCUT2D eigenvalue weighted by Gasteiger charge is -2.41. The van der Waals surface area contributed by atoms with Crippen LogP contribution in [0.1, 0.15) is 136 Å². The molecule has 0 bridgehead atoms. The van der Waals surface area contributed by atoms with E-state index in [1.54, 1.807) is 6.92 Å². The molecule has 6 saturated heterocycles. The molecule has 0 aliphatic carbocycles. The van der Waals surface area contributed by atoms with Crippen LogP contribution in [0.2, 0.25) is 0 Å². The molecule has 0 radical (unpaired) electrons. The number of aliphatic hydroxyl groups excluding tert-OH is 1. The summed E-state index contributed by atoms with van der Waals surface area (Å²) >= 11 is 2.37. The van der Waals surface area contributed by atoms with E-state index in [4.69, 9.17) is 52.9 Å². The van der Waals surface area contributed by atoms with Crippen molar-refractivity contribution in [2.45, 2.75) is 232 Å². The Bertz CT molecular complexity index is 1980. The standard InChI is InChI=1S/C17H24F3NO7S.C16H24INO4.C16H25NO5/c1-11(21-2)8-12-4-6-14-16(28-12,10-26-29(23,24)17(18,19)20)9-13(27-14)5-7-15(22)25-3;1-11(18-2)8-12-4-6-14-16(10-17,22-12)9-13(21-14)5-7-15(19)20-3;1-11(17-2)8-12-4-6-14-16(10-18,22-12)9-13(21-14)5-7-15(19)20-3/h11-14H,4-10H2,1,3H3;11-14H,4-10H2,1,3H3;11-14,18H,4-10H2,1,3H3/t3*11-,12-,13+,14+,16-/m111/s1. The third-order valence-electron chi connectivity index (χ3n) is 14.4. The highest BCUT2D eigenvalue weighted by molar-refractivity contribution is 14.1. The van der Waals surface area contributed by atoms with E-state index in [0.29, 0.717) is 57.8 Å². The van der Waals surface area contributed by atoms with Gasteiger partial charge in [-0.15, -0.1) is 0 Å². The number of hydrogen-bond donors (Lipinski definition) is 1. The van der Waals surface area contributed by atoms with Gasteiger partial charge in [0.15, 0.2) is 0 Å². The highest BCUT2D eigenvalue weighted by atomic mass is 127. The molecule has 24 heteroatoms. The van der Waals surface area contributed by atoms with E-state index in [9.17, 15) is 41.1 Å². The van der Waals surface area contributed by atoms with Gasteiger partial charge >= 0.3 is 33.5 Å². The normalized spacial score (nSPS) is 33.7. The molecule has 1 N–H and O–H groups in total. The molecule has 6 aliphatic heterocycles. The summed E-state index contributed by atoms with van der Waals surface area (Å²) in [4.78, 5) is 44.4. The fraction of sp³-hybridized carbons (Fsp3) is 0.878. The number of hydrogen-bond acceptors (Lipinski definition) is 16. The van der Waals surface area contributed by atoms with Crippen LogP contribution in [-0.4, -0.2) is 166 Å². The Kier molecular flexibility index (Phi) is 24.4. The minimum atomic E-state index is -5.79. The fourth-order valence-corrected chi connectivity index (χ4v) is 12.0. The van der Waals surface area contributed by atoms with E-state index < -0.39 is 57.7 Å². The van der Waals surface area contributed by atoms with Gasteiger partial charge in [-0.1, -0.05) is 22.6 Å².